The van der Waals surface area contributed by atoms with E-state index in [1.165, 1.54) is 0 Å². The van der Waals surface area contributed by atoms with Gasteiger partial charge < -0.3 is 23.7 Å². The number of esters is 5. The van der Waals surface area contributed by atoms with Gasteiger partial charge in [0, 0.05) is 5.56 Å². The van der Waals surface area contributed by atoms with Gasteiger partial charge in [0.25, 0.3) is 0 Å². The summed E-state index contributed by atoms with van der Waals surface area (Å²) in [5.74, 6) is -5.11. The van der Waals surface area contributed by atoms with E-state index in [1.807, 2.05) is 42.5 Å². The van der Waals surface area contributed by atoms with Gasteiger partial charge in [-0.05, 0) is 45.7 Å². The highest BCUT2D eigenvalue weighted by atomic mass is 16.6. The van der Waals surface area contributed by atoms with Gasteiger partial charge in [0.15, 0.2) is 0 Å². The van der Waals surface area contributed by atoms with Crippen molar-refractivity contribution >= 4 is 29.8 Å². The van der Waals surface area contributed by atoms with Crippen LogP contribution in [0.25, 0.3) is 11.1 Å². The number of carbonyl (C=O) groups is 5. The molecule has 0 aliphatic heterocycles. The first-order valence-corrected chi connectivity index (χ1v) is 14.5. The molecule has 2 aromatic carbocycles. The van der Waals surface area contributed by atoms with Crippen LogP contribution in [0.5, 0.6) is 5.75 Å². The van der Waals surface area contributed by atoms with E-state index in [2.05, 4.69) is 0 Å². The number of rotatable bonds is 16. The molecule has 0 saturated heterocycles. The Morgan fingerprint density at radius 2 is 1.19 bits per heavy atom. The first-order chi connectivity index (χ1) is 20.4. The molecule has 0 aliphatic rings. The van der Waals surface area contributed by atoms with Crippen LogP contribution in [-0.2, 0) is 42.9 Å². The summed E-state index contributed by atoms with van der Waals surface area (Å²) in [5, 5.41) is 0. The number of benzene rings is 2. The van der Waals surface area contributed by atoms with Crippen LogP contribution in [0.2, 0.25) is 0 Å². The first kappa shape index (κ1) is 35.0. The molecule has 10 heteroatoms. The fourth-order valence-corrected chi connectivity index (χ4v) is 4.11. The van der Waals surface area contributed by atoms with Crippen molar-refractivity contribution in [2.75, 3.05) is 13.2 Å². The van der Waals surface area contributed by atoms with Gasteiger partial charge >= 0.3 is 29.8 Å². The fourth-order valence-electron chi connectivity index (χ4n) is 4.11. The lowest BCUT2D eigenvalue weighted by Crippen LogP contribution is -2.35. The van der Waals surface area contributed by atoms with Crippen LogP contribution in [0, 0.1) is 17.8 Å². The van der Waals surface area contributed by atoms with Crippen LogP contribution >= 0.6 is 0 Å². The number of hydrogen-bond donors (Lipinski definition) is 0. The summed E-state index contributed by atoms with van der Waals surface area (Å²) < 4.78 is 26.3. The molecule has 0 aliphatic carbocycles. The summed E-state index contributed by atoms with van der Waals surface area (Å²) >= 11 is 0. The van der Waals surface area contributed by atoms with Crippen LogP contribution in [0.4, 0.5) is 0 Å². The molecular formula is C33H42O10. The van der Waals surface area contributed by atoms with Crippen molar-refractivity contribution in [3.63, 3.8) is 0 Å². The molecule has 3 unspecified atom stereocenters. The van der Waals surface area contributed by atoms with E-state index in [0.29, 0.717) is 5.75 Å². The Balaban J connectivity index is 1.78. The minimum absolute atomic E-state index is 0.00798. The predicted octanol–water partition coefficient (Wildman–Crippen LogP) is 5.31. The maximum Gasteiger partial charge on any atom is 0.311 e. The van der Waals surface area contributed by atoms with E-state index >= 15 is 0 Å². The van der Waals surface area contributed by atoms with E-state index in [1.54, 1.807) is 53.7 Å². The summed E-state index contributed by atoms with van der Waals surface area (Å²) in [6, 6.07) is 16.6. The van der Waals surface area contributed by atoms with Crippen LogP contribution in [0.1, 0.15) is 60.8 Å². The number of ether oxygens (including phenoxy) is 5. The van der Waals surface area contributed by atoms with Crippen molar-refractivity contribution in [2.45, 2.75) is 73.0 Å². The van der Waals surface area contributed by atoms with Crippen LogP contribution in [-0.4, -0.2) is 55.3 Å². The Labute approximate surface area is 253 Å². The average Bonchev–Trinajstić information content (AvgIpc) is 2.96. The van der Waals surface area contributed by atoms with Gasteiger partial charge in [-0.15, -0.1) is 0 Å². The highest BCUT2D eigenvalue weighted by molar-refractivity contribution is 5.83. The quantitative estimate of drug-likeness (QED) is 0.108. The SMILES string of the molecule is CC(C)OC(=O)C(C)C(CC(C)C(=O)OCCOC(=O)CCC(=O)Oc1ccccc1-c1ccccc1)C(=O)OC(C)C. The van der Waals surface area contributed by atoms with Gasteiger partial charge in [-0.1, -0.05) is 62.4 Å². The third kappa shape index (κ3) is 12.3. The molecule has 0 radical (unpaired) electrons. The van der Waals surface area contributed by atoms with E-state index < -0.39 is 53.7 Å². The van der Waals surface area contributed by atoms with Gasteiger partial charge in [-0.3, -0.25) is 24.0 Å². The molecular weight excluding hydrogens is 556 g/mol. The van der Waals surface area contributed by atoms with Gasteiger partial charge in [-0.25, -0.2) is 0 Å². The Morgan fingerprint density at radius 3 is 1.84 bits per heavy atom. The number of para-hydroxylation sites is 1. The summed E-state index contributed by atoms with van der Waals surface area (Å²) in [6.45, 7) is 9.51. The topological polar surface area (TPSA) is 132 Å². The molecule has 0 heterocycles. The second kappa shape index (κ2) is 17.7. The van der Waals surface area contributed by atoms with Crippen molar-refractivity contribution < 1.29 is 47.7 Å². The Hall–Kier alpha value is -4.21. The molecule has 3 atom stereocenters. The minimum atomic E-state index is -0.909. The van der Waals surface area contributed by atoms with Crippen LogP contribution in [0.3, 0.4) is 0 Å². The van der Waals surface area contributed by atoms with Gasteiger partial charge in [0.05, 0.1) is 42.8 Å². The van der Waals surface area contributed by atoms with Crippen molar-refractivity contribution in [1.29, 1.82) is 0 Å². The third-order valence-electron chi connectivity index (χ3n) is 6.31. The first-order valence-electron chi connectivity index (χ1n) is 14.5. The molecule has 0 N–H and O–H groups in total. The molecule has 10 nitrogen and oxygen atoms in total. The summed E-state index contributed by atoms with van der Waals surface area (Å²) in [7, 11) is 0. The fraction of sp³-hybridized carbons (Fsp3) is 0.485. The van der Waals surface area contributed by atoms with E-state index in [0.717, 1.165) is 11.1 Å². The Morgan fingerprint density at radius 1 is 0.628 bits per heavy atom. The highest BCUT2D eigenvalue weighted by Gasteiger charge is 2.36. The zero-order valence-electron chi connectivity index (χ0n) is 25.7. The summed E-state index contributed by atoms with van der Waals surface area (Å²) in [6.07, 6.45) is -1.14. The summed E-state index contributed by atoms with van der Waals surface area (Å²) in [4.78, 5) is 62.2. The molecule has 0 fully saturated rings. The molecule has 2 aromatic rings. The van der Waals surface area contributed by atoms with Crippen molar-refractivity contribution in [2.24, 2.45) is 17.8 Å². The maximum absolute atomic E-state index is 12.7. The van der Waals surface area contributed by atoms with Gasteiger partial charge in [0.2, 0.25) is 0 Å². The van der Waals surface area contributed by atoms with E-state index in [4.69, 9.17) is 23.7 Å². The lowest BCUT2D eigenvalue weighted by atomic mass is 9.85. The molecule has 0 aromatic heterocycles. The number of carbonyl (C=O) groups excluding carboxylic acids is 5. The summed E-state index contributed by atoms with van der Waals surface area (Å²) in [5.41, 5.74) is 1.64. The number of hydrogen-bond acceptors (Lipinski definition) is 10. The zero-order chi connectivity index (χ0) is 31.9. The Bertz CT molecular complexity index is 1220. The average molecular weight is 599 g/mol. The Kier molecular flexibility index (Phi) is 14.4. The molecule has 0 spiro atoms. The molecule has 0 amide bonds. The van der Waals surface area contributed by atoms with Crippen LogP contribution < -0.4 is 4.74 Å². The second-order valence-corrected chi connectivity index (χ2v) is 10.7. The second-order valence-electron chi connectivity index (χ2n) is 10.7. The molecule has 43 heavy (non-hydrogen) atoms. The predicted molar refractivity (Wildman–Crippen MR) is 158 cm³/mol. The normalized spacial score (nSPS) is 13.0. The molecule has 0 saturated carbocycles. The molecule has 2 rings (SSSR count). The smallest absolute Gasteiger partial charge is 0.311 e. The van der Waals surface area contributed by atoms with Gasteiger partial charge in [0.1, 0.15) is 19.0 Å². The molecule has 0 bridgehead atoms. The van der Waals surface area contributed by atoms with E-state index in [9.17, 15) is 24.0 Å². The highest BCUT2D eigenvalue weighted by Crippen LogP contribution is 2.30. The maximum atomic E-state index is 12.7. The van der Waals surface area contributed by atoms with Crippen LogP contribution in [0.15, 0.2) is 54.6 Å². The zero-order valence-corrected chi connectivity index (χ0v) is 25.7. The monoisotopic (exact) mass is 598 g/mol. The van der Waals surface area contributed by atoms with Crippen molar-refractivity contribution in [3.05, 3.63) is 54.6 Å². The van der Waals surface area contributed by atoms with E-state index in [-0.39, 0.29) is 38.6 Å². The van der Waals surface area contributed by atoms with Crippen molar-refractivity contribution in [1.82, 2.24) is 0 Å². The minimum Gasteiger partial charge on any atom is -0.463 e. The largest absolute Gasteiger partial charge is 0.463 e. The molecule has 234 valence electrons. The standard InChI is InChI=1S/C33H42O10/c1-21(2)41-32(37)24(6)27(33(38)42-22(3)4)20-23(5)31(36)40-19-18-39-29(34)16-17-30(35)43-28-15-11-10-14-26(28)25-12-8-7-9-13-25/h7-15,21-24,27H,16-20H2,1-6H3. The third-order valence-corrected chi connectivity index (χ3v) is 6.31. The lowest BCUT2D eigenvalue weighted by molar-refractivity contribution is -0.166. The van der Waals surface area contributed by atoms with Gasteiger partial charge in [-0.2, -0.15) is 0 Å². The lowest BCUT2D eigenvalue weighted by Gasteiger charge is -2.25. The van der Waals surface area contributed by atoms with Crippen molar-refractivity contribution in [3.8, 4) is 16.9 Å².